The van der Waals surface area contributed by atoms with Crippen molar-refractivity contribution >= 4 is 16.3 Å². The van der Waals surface area contributed by atoms with Crippen LogP contribution in [0.15, 0.2) is 12.1 Å². The normalized spacial score (nSPS) is 23.0. The Morgan fingerprint density at radius 1 is 1.33 bits per heavy atom. The summed E-state index contributed by atoms with van der Waals surface area (Å²) in [7, 11) is 0. The summed E-state index contributed by atoms with van der Waals surface area (Å²) in [6, 6.07) is 3.90. The zero-order valence-electron chi connectivity index (χ0n) is 12.0. The van der Waals surface area contributed by atoms with Gasteiger partial charge in [0.25, 0.3) is 0 Å². The number of nitro groups is 1. The van der Waals surface area contributed by atoms with E-state index in [1.807, 2.05) is 6.07 Å². The third-order valence-electron chi connectivity index (χ3n) is 4.34. The van der Waals surface area contributed by atoms with Crippen LogP contribution in [0.5, 0.6) is 0 Å². The predicted octanol–water partition coefficient (Wildman–Crippen LogP) is 2.03. The first-order valence-electron chi connectivity index (χ1n) is 7.52. The molecule has 0 amide bonds. The van der Waals surface area contributed by atoms with Crippen LogP contribution in [0.2, 0.25) is 0 Å². The summed E-state index contributed by atoms with van der Waals surface area (Å²) < 4.78 is 5.48. The molecule has 21 heavy (non-hydrogen) atoms. The minimum Gasteiger partial charge on any atom is -0.381 e. The number of hydrogen-bond donors (Lipinski definition) is 1. The molecule has 2 aliphatic heterocycles. The van der Waals surface area contributed by atoms with Crippen molar-refractivity contribution in [2.75, 3.05) is 39.4 Å². The van der Waals surface area contributed by atoms with Gasteiger partial charge in [-0.2, -0.15) is 0 Å². The van der Waals surface area contributed by atoms with Gasteiger partial charge in [0.2, 0.25) is 0 Å². The molecule has 2 saturated heterocycles. The summed E-state index contributed by atoms with van der Waals surface area (Å²) >= 11 is 1.33. The Labute approximate surface area is 128 Å². The fourth-order valence-electron chi connectivity index (χ4n) is 3.30. The first kappa shape index (κ1) is 14.9. The average Bonchev–Trinajstić information content (AvgIpc) is 3.00. The van der Waals surface area contributed by atoms with E-state index in [1.54, 1.807) is 6.07 Å². The van der Waals surface area contributed by atoms with E-state index < -0.39 is 0 Å². The van der Waals surface area contributed by atoms with Crippen molar-refractivity contribution < 1.29 is 9.66 Å². The lowest BCUT2D eigenvalue weighted by Crippen LogP contribution is -2.47. The standard InChI is InChI=1S/C14H21N3O3S/c18-17(19)13-2-1-12(21-13)14(11-3-9-20-10-4-11)16-7-5-15-6-8-16/h1-2,11,14-15H,3-10H2/t14-/m1/s1. The molecule has 2 aliphatic rings. The molecule has 7 heteroatoms. The van der Waals surface area contributed by atoms with Crippen LogP contribution in [0.3, 0.4) is 0 Å². The largest absolute Gasteiger partial charge is 0.381 e. The molecular formula is C14H21N3O3S. The zero-order chi connectivity index (χ0) is 14.7. The Morgan fingerprint density at radius 2 is 2.05 bits per heavy atom. The van der Waals surface area contributed by atoms with Gasteiger partial charge in [0, 0.05) is 56.4 Å². The maximum absolute atomic E-state index is 11.0. The maximum atomic E-state index is 11.0. The summed E-state index contributed by atoms with van der Waals surface area (Å²) in [6.45, 7) is 5.61. The molecule has 6 nitrogen and oxygen atoms in total. The van der Waals surface area contributed by atoms with Gasteiger partial charge in [0.15, 0.2) is 0 Å². The highest BCUT2D eigenvalue weighted by atomic mass is 32.1. The average molecular weight is 311 g/mol. The molecular weight excluding hydrogens is 290 g/mol. The predicted molar refractivity (Wildman–Crippen MR) is 81.7 cm³/mol. The maximum Gasteiger partial charge on any atom is 0.324 e. The molecule has 2 fully saturated rings. The van der Waals surface area contributed by atoms with E-state index >= 15 is 0 Å². The van der Waals surface area contributed by atoms with Crippen LogP contribution in [-0.2, 0) is 4.74 Å². The molecule has 1 atom stereocenters. The van der Waals surface area contributed by atoms with E-state index in [0.717, 1.165) is 57.1 Å². The van der Waals surface area contributed by atoms with E-state index in [1.165, 1.54) is 11.3 Å². The van der Waals surface area contributed by atoms with Crippen LogP contribution in [0, 0.1) is 16.0 Å². The molecule has 3 heterocycles. The van der Waals surface area contributed by atoms with Crippen molar-refractivity contribution in [2.24, 2.45) is 5.92 Å². The Kier molecular flexibility index (Phi) is 4.84. The lowest BCUT2D eigenvalue weighted by molar-refractivity contribution is -0.380. The monoisotopic (exact) mass is 311 g/mol. The van der Waals surface area contributed by atoms with E-state index in [4.69, 9.17) is 4.74 Å². The topological polar surface area (TPSA) is 67.6 Å². The molecule has 0 bridgehead atoms. The second-order valence-corrected chi connectivity index (χ2v) is 6.71. The molecule has 116 valence electrons. The first-order chi connectivity index (χ1) is 10.3. The van der Waals surface area contributed by atoms with Gasteiger partial charge in [-0.1, -0.05) is 11.3 Å². The van der Waals surface area contributed by atoms with Crippen molar-refractivity contribution in [3.63, 3.8) is 0 Å². The summed E-state index contributed by atoms with van der Waals surface area (Å²) in [6.07, 6.45) is 2.08. The molecule has 0 spiro atoms. The third kappa shape index (κ3) is 3.42. The van der Waals surface area contributed by atoms with Crippen LogP contribution in [0.1, 0.15) is 23.8 Å². The summed E-state index contributed by atoms with van der Waals surface area (Å²) in [5, 5.41) is 14.6. The second-order valence-electron chi connectivity index (χ2n) is 5.61. The van der Waals surface area contributed by atoms with Crippen molar-refractivity contribution in [3.05, 3.63) is 27.1 Å². The zero-order valence-corrected chi connectivity index (χ0v) is 12.8. The Bertz CT molecular complexity index is 464. The highest BCUT2D eigenvalue weighted by Crippen LogP contribution is 2.40. The van der Waals surface area contributed by atoms with E-state index in [2.05, 4.69) is 10.2 Å². The second kappa shape index (κ2) is 6.83. The van der Waals surface area contributed by atoms with Gasteiger partial charge < -0.3 is 10.1 Å². The summed E-state index contributed by atoms with van der Waals surface area (Å²) in [5.41, 5.74) is 0. The molecule has 0 radical (unpaired) electrons. The van der Waals surface area contributed by atoms with Crippen molar-refractivity contribution in [1.29, 1.82) is 0 Å². The van der Waals surface area contributed by atoms with E-state index in [0.29, 0.717) is 12.0 Å². The van der Waals surface area contributed by atoms with Crippen molar-refractivity contribution in [3.8, 4) is 0 Å². The molecule has 1 aromatic rings. The van der Waals surface area contributed by atoms with Crippen molar-refractivity contribution in [2.45, 2.75) is 18.9 Å². The number of nitrogens with one attached hydrogen (secondary N) is 1. The minimum absolute atomic E-state index is 0.247. The number of thiophene rings is 1. The van der Waals surface area contributed by atoms with Gasteiger partial charge >= 0.3 is 5.00 Å². The van der Waals surface area contributed by atoms with Crippen LogP contribution < -0.4 is 5.32 Å². The van der Waals surface area contributed by atoms with Gasteiger partial charge in [0.05, 0.1) is 4.92 Å². The number of rotatable bonds is 4. The number of nitrogens with zero attached hydrogens (tertiary/aromatic N) is 2. The van der Waals surface area contributed by atoms with Crippen molar-refractivity contribution in [1.82, 2.24) is 10.2 Å². The van der Waals surface area contributed by atoms with Crippen LogP contribution >= 0.6 is 11.3 Å². The molecule has 1 N–H and O–H groups in total. The lowest BCUT2D eigenvalue weighted by Gasteiger charge is -2.40. The molecule has 0 aromatic carbocycles. The fourth-order valence-corrected chi connectivity index (χ4v) is 4.35. The fraction of sp³-hybridized carbons (Fsp3) is 0.714. The smallest absolute Gasteiger partial charge is 0.324 e. The molecule has 0 aliphatic carbocycles. The molecule has 3 rings (SSSR count). The third-order valence-corrected chi connectivity index (χ3v) is 5.45. The first-order valence-corrected chi connectivity index (χ1v) is 8.34. The van der Waals surface area contributed by atoms with E-state index in [9.17, 15) is 10.1 Å². The molecule has 0 unspecified atom stereocenters. The molecule has 1 aromatic heterocycles. The van der Waals surface area contributed by atoms with Gasteiger partial charge in [-0.15, -0.1) is 0 Å². The number of hydrogen-bond acceptors (Lipinski definition) is 6. The lowest BCUT2D eigenvalue weighted by atomic mass is 9.89. The summed E-state index contributed by atoms with van der Waals surface area (Å²) in [5.74, 6) is 0.537. The van der Waals surface area contributed by atoms with Crippen LogP contribution in [0.25, 0.3) is 0 Å². The number of ether oxygens (including phenoxy) is 1. The molecule has 0 saturated carbocycles. The Hall–Kier alpha value is -1.02. The Morgan fingerprint density at radius 3 is 2.67 bits per heavy atom. The highest BCUT2D eigenvalue weighted by Gasteiger charge is 2.33. The van der Waals surface area contributed by atoms with Gasteiger partial charge in [0.1, 0.15) is 0 Å². The summed E-state index contributed by atoms with van der Waals surface area (Å²) in [4.78, 5) is 14.3. The van der Waals surface area contributed by atoms with Gasteiger partial charge in [-0.25, -0.2) is 0 Å². The van der Waals surface area contributed by atoms with Gasteiger partial charge in [-0.05, 0) is 24.8 Å². The Balaban J connectivity index is 1.84. The van der Waals surface area contributed by atoms with E-state index in [-0.39, 0.29) is 9.92 Å². The van der Waals surface area contributed by atoms with Crippen LogP contribution in [-0.4, -0.2) is 49.2 Å². The van der Waals surface area contributed by atoms with Gasteiger partial charge in [-0.3, -0.25) is 15.0 Å². The SMILES string of the molecule is O=[N+]([O-])c1ccc([C@@H](C2CCOCC2)N2CCNCC2)s1. The van der Waals surface area contributed by atoms with Crippen LogP contribution in [0.4, 0.5) is 5.00 Å². The quantitative estimate of drug-likeness (QED) is 0.681. The minimum atomic E-state index is -0.285. The highest BCUT2D eigenvalue weighted by molar-refractivity contribution is 7.15. The number of piperazine rings is 1.